The highest BCUT2D eigenvalue weighted by molar-refractivity contribution is 5.74. The van der Waals surface area contributed by atoms with Crippen LogP contribution in [-0.2, 0) is 4.74 Å². The van der Waals surface area contributed by atoms with Gasteiger partial charge < -0.3 is 10.1 Å². The monoisotopic (exact) mass is 325 g/mol. The number of allylic oxidation sites excluding steroid dienone is 3. The van der Waals surface area contributed by atoms with E-state index in [2.05, 4.69) is 28.6 Å². The van der Waals surface area contributed by atoms with Crippen molar-refractivity contribution >= 4 is 5.57 Å². The average molecular weight is 325 g/mol. The lowest BCUT2D eigenvalue weighted by Gasteiger charge is -2.30. The molecule has 0 spiro atoms. The summed E-state index contributed by atoms with van der Waals surface area (Å²) in [6.07, 6.45) is 11.7. The summed E-state index contributed by atoms with van der Waals surface area (Å²) < 4.78 is 20.6. The van der Waals surface area contributed by atoms with Crippen LogP contribution in [0.1, 0.15) is 12.0 Å². The molecular weight excluding hydrogens is 305 g/mol. The average Bonchev–Trinajstić information content (AvgIpc) is 3.13. The minimum atomic E-state index is -0.241. The number of nitrogens with zero attached hydrogens (tertiary/aromatic N) is 2. The number of hydrogen-bond acceptors (Lipinski definition) is 3. The molecule has 0 amide bonds. The number of hydrogen-bond donors (Lipinski definition) is 1. The van der Waals surface area contributed by atoms with E-state index in [4.69, 9.17) is 4.74 Å². The first-order valence-corrected chi connectivity index (χ1v) is 8.31. The summed E-state index contributed by atoms with van der Waals surface area (Å²) in [6, 6.07) is 6.33. The largest absolute Gasteiger partial charge is 0.375 e. The van der Waals surface area contributed by atoms with Crippen molar-refractivity contribution < 1.29 is 9.13 Å². The molecule has 1 aromatic heterocycles. The lowest BCUT2D eigenvalue weighted by Crippen LogP contribution is -2.42. The summed E-state index contributed by atoms with van der Waals surface area (Å²) in [5.41, 5.74) is 3.09. The smallest absolute Gasteiger partial charge is 0.123 e. The fraction of sp³-hybridized carbons (Fsp3) is 0.316. The molecule has 2 atom stereocenters. The number of ether oxygens (including phenoxy) is 1. The number of aromatic nitrogens is 2. The van der Waals surface area contributed by atoms with Gasteiger partial charge in [0, 0.05) is 30.8 Å². The topological polar surface area (TPSA) is 39.1 Å². The zero-order valence-electron chi connectivity index (χ0n) is 13.4. The van der Waals surface area contributed by atoms with Gasteiger partial charge in [0.15, 0.2) is 0 Å². The second-order valence-electron chi connectivity index (χ2n) is 6.18. The first-order valence-electron chi connectivity index (χ1n) is 8.31. The molecule has 2 aromatic rings. The summed E-state index contributed by atoms with van der Waals surface area (Å²) in [6.45, 7) is 2.65. The first-order chi connectivity index (χ1) is 11.8. The van der Waals surface area contributed by atoms with Crippen LogP contribution in [0.25, 0.3) is 11.3 Å². The molecule has 1 fully saturated rings. The highest BCUT2D eigenvalue weighted by Gasteiger charge is 2.23. The predicted octanol–water partition coefficient (Wildman–Crippen LogP) is 2.96. The molecular formula is C19H20FN3O. The van der Waals surface area contributed by atoms with Crippen LogP contribution >= 0.6 is 0 Å². The number of benzene rings is 1. The van der Waals surface area contributed by atoms with Gasteiger partial charge in [-0.25, -0.2) is 9.07 Å². The summed E-state index contributed by atoms with van der Waals surface area (Å²) in [4.78, 5) is 0. The van der Waals surface area contributed by atoms with Crippen molar-refractivity contribution in [2.24, 2.45) is 5.92 Å². The van der Waals surface area contributed by atoms with Crippen molar-refractivity contribution in [2.75, 3.05) is 19.7 Å². The molecule has 1 saturated heterocycles. The maximum absolute atomic E-state index is 13.0. The van der Waals surface area contributed by atoms with Gasteiger partial charge in [0.2, 0.25) is 0 Å². The van der Waals surface area contributed by atoms with E-state index in [0.29, 0.717) is 5.92 Å². The summed E-state index contributed by atoms with van der Waals surface area (Å²) in [5.74, 6) is 0.184. The van der Waals surface area contributed by atoms with E-state index < -0.39 is 0 Å². The van der Waals surface area contributed by atoms with E-state index in [9.17, 15) is 4.39 Å². The molecule has 5 heteroatoms. The summed E-state index contributed by atoms with van der Waals surface area (Å²) in [5, 5.41) is 7.77. The molecule has 24 heavy (non-hydrogen) atoms. The zero-order chi connectivity index (χ0) is 16.4. The lowest BCUT2D eigenvalue weighted by atomic mass is 9.90. The van der Waals surface area contributed by atoms with Crippen LogP contribution in [0, 0.1) is 11.7 Å². The van der Waals surface area contributed by atoms with Crippen molar-refractivity contribution in [3.63, 3.8) is 0 Å². The molecule has 1 aliphatic carbocycles. The molecule has 1 unspecified atom stereocenters. The van der Waals surface area contributed by atoms with Gasteiger partial charge in [-0.15, -0.1) is 0 Å². The third kappa shape index (κ3) is 3.18. The van der Waals surface area contributed by atoms with Crippen LogP contribution in [0.2, 0.25) is 0 Å². The van der Waals surface area contributed by atoms with Gasteiger partial charge in [0.1, 0.15) is 5.82 Å². The Morgan fingerprint density at radius 3 is 2.83 bits per heavy atom. The second-order valence-corrected chi connectivity index (χ2v) is 6.18. The Morgan fingerprint density at radius 1 is 1.25 bits per heavy atom. The molecule has 124 valence electrons. The van der Waals surface area contributed by atoms with Gasteiger partial charge in [-0.1, -0.05) is 18.2 Å². The Labute approximate surface area is 140 Å². The van der Waals surface area contributed by atoms with E-state index in [1.807, 2.05) is 12.4 Å². The van der Waals surface area contributed by atoms with Gasteiger partial charge in [-0.3, -0.25) is 0 Å². The summed E-state index contributed by atoms with van der Waals surface area (Å²) in [7, 11) is 0. The van der Waals surface area contributed by atoms with E-state index >= 15 is 0 Å². The standard InChI is InChI=1S/C19H20FN3O/c20-17-5-7-18(8-6-17)23-13-16(11-22-23)14-1-3-15(4-2-14)19-12-21-9-10-24-19/h1-3,5-8,11,13,15,19,21H,4,9-10,12H2/t15?,19-/m0/s1. The van der Waals surface area contributed by atoms with Crippen LogP contribution in [0.4, 0.5) is 4.39 Å². The summed E-state index contributed by atoms with van der Waals surface area (Å²) >= 11 is 0. The van der Waals surface area contributed by atoms with Crippen molar-refractivity contribution in [3.8, 4) is 5.69 Å². The van der Waals surface area contributed by atoms with Gasteiger partial charge in [0.25, 0.3) is 0 Å². The Hall–Kier alpha value is -2.24. The number of rotatable bonds is 3. The Morgan fingerprint density at radius 2 is 2.12 bits per heavy atom. The minimum Gasteiger partial charge on any atom is -0.375 e. The molecule has 4 nitrogen and oxygen atoms in total. The van der Waals surface area contributed by atoms with E-state index in [1.165, 1.54) is 17.7 Å². The Kier molecular flexibility index (Phi) is 4.28. The maximum Gasteiger partial charge on any atom is 0.123 e. The number of nitrogens with one attached hydrogen (secondary N) is 1. The van der Waals surface area contributed by atoms with Crippen LogP contribution in [0.3, 0.4) is 0 Å². The van der Waals surface area contributed by atoms with Crippen LogP contribution in [-0.4, -0.2) is 35.6 Å². The van der Waals surface area contributed by atoms with Crippen LogP contribution in [0.15, 0.2) is 54.9 Å². The fourth-order valence-corrected chi connectivity index (χ4v) is 3.19. The number of halogens is 1. The molecule has 0 radical (unpaired) electrons. The normalized spacial score (nSPS) is 24.0. The quantitative estimate of drug-likeness (QED) is 0.943. The number of morpholine rings is 1. The van der Waals surface area contributed by atoms with Crippen molar-refractivity contribution in [3.05, 3.63) is 66.3 Å². The van der Waals surface area contributed by atoms with Crippen LogP contribution in [0.5, 0.6) is 0 Å². The molecule has 2 heterocycles. The van der Waals surface area contributed by atoms with Crippen LogP contribution < -0.4 is 5.32 Å². The highest BCUT2D eigenvalue weighted by Crippen LogP contribution is 2.27. The molecule has 4 rings (SSSR count). The molecule has 1 N–H and O–H groups in total. The van der Waals surface area contributed by atoms with Gasteiger partial charge in [-0.05, 0) is 36.3 Å². The van der Waals surface area contributed by atoms with Gasteiger partial charge >= 0.3 is 0 Å². The van der Waals surface area contributed by atoms with E-state index in [-0.39, 0.29) is 11.9 Å². The molecule has 0 bridgehead atoms. The maximum atomic E-state index is 13.0. The van der Waals surface area contributed by atoms with Gasteiger partial charge in [-0.2, -0.15) is 5.10 Å². The molecule has 0 saturated carbocycles. The fourth-order valence-electron chi connectivity index (χ4n) is 3.19. The Bertz CT molecular complexity index is 757. The lowest BCUT2D eigenvalue weighted by molar-refractivity contribution is 0.00368. The van der Waals surface area contributed by atoms with Gasteiger partial charge in [0.05, 0.1) is 24.6 Å². The predicted molar refractivity (Wildman–Crippen MR) is 91.4 cm³/mol. The van der Waals surface area contributed by atoms with E-state index in [0.717, 1.165) is 37.4 Å². The highest BCUT2D eigenvalue weighted by atomic mass is 19.1. The second kappa shape index (κ2) is 6.71. The molecule has 1 aliphatic heterocycles. The van der Waals surface area contributed by atoms with E-state index in [1.54, 1.807) is 16.8 Å². The van der Waals surface area contributed by atoms with Crippen molar-refractivity contribution in [2.45, 2.75) is 12.5 Å². The zero-order valence-corrected chi connectivity index (χ0v) is 13.4. The Balaban J connectivity index is 1.46. The first kappa shape index (κ1) is 15.3. The molecule has 2 aliphatic rings. The SMILES string of the molecule is Fc1ccc(-n2cc(C3=CCC([C@@H]4CNCCO4)C=C3)cn2)cc1. The third-order valence-electron chi connectivity index (χ3n) is 4.57. The van der Waals surface area contributed by atoms with Crippen molar-refractivity contribution in [1.29, 1.82) is 0 Å². The third-order valence-corrected chi connectivity index (χ3v) is 4.57. The van der Waals surface area contributed by atoms with Crippen molar-refractivity contribution in [1.82, 2.24) is 15.1 Å². The molecule has 1 aromatic carbocycles. The minimum absolute atomic E-state index is 0.241.